The number of thiophene rings is 1. The monoisotopic (exact) mass is 359 g/mol. The van der Waals surface area contributed by atoms with E-state index in [4.69, 9.17) is 0 Å². The van der Waals surface area contributed by atoms with E-state index in [9.17, 15) is 4.79 Å². The summed E-state index contributed by atoms with van der Waals surface area (Å²) >= 11 is 3.75. The van der Waals surface area contributed by atoms with Crippen molar-refractivity contribution in [3.63, 3.8) is 0 Å². The molecule has 0 aliphatic rings. The predicted molar refractivity (Wildman–Crippen MR) is 75.0 cm³/mol. The maximum atomic E-state index is 11.7. The Morgan fingerprint density at radius 3 is 2.88 bits per heavy atom. The molecule has 0 spiro atoms. The van der Waals surface area contributed by atoms with Crippen LogP contribution in [-0.2, 0) is 6.54 Å². The van der Waals surface area contributed by atoms with E-state index in [1.54, 1.807) is 23.7 Å². The van der Waals surface area contributed by atoms with Gasteiger partial charge in [-0.3, -0.25) is 14.8 Å². The van der Waals surface area contributed by atoms with E-state index in [1.807, 2.05) is 18.4 Å². The lowest BCUT2D eigenvalue weighted by atomic mass is 10.3. The highest BCUT2D eigenvalue weighted by Gasteiger charge is 2.07. The van der Waals surface area contributed by atoms with Crippen LogP contribution in [0.25, 0.3) is 0 Å². The number of rotatable bonds is 3. The van der Waals surface area contributed by atoms with E-state index in [2.05, 4.69) is 37.9 Å². The van der Waals surface area contributed by atoms with Crippen LogP contribution in [0.3, 0.4) is 0 Å². The molecule has 0 unspecified atom stereocenters. The van der Waals surface area contributed by atoms with Crippen molar-refractivity contribution in [1.29, 1.82) is 0 Å². The van der Waals surface area contributed by atoms with E-state index < -0.39 is 0 Å². The molecule has 2 aromatic heterocycles. The number of amides is 1. The SMILES string of the molecule is Cc1cnc(CNC(=O)c2csc(I)c2)cn1. The van der Waals surface area contributed by atoms with E-state index in [0.29, 0.717) is 12.1 Å². The van der Waals surface area contributed by atoms with Gasteiger partial charge in [0.15, 0.2) is 0 Å². The minimum atomic E-state index is -0.0773. The van der Waals surface area contributed by atoms with Crippen molar-refractivity contribution in [2.75, 3.05) is 0 Å². The van der Waals surface area contributed by atoms with Gasteiger partial charge in [-0.2, -0.15) is 0 Å². The summed E-state index contributed by atoms with van der Waals surface area (Å²) in [6.45, 7) is 2.28. The van der Waals surface area contributed by atoms with Gasteiger partial charge in [-0.1, -0.05) is 0 Å². The van der Waals surface area contributed by atoms with Gasteiger partial charge in [-0.05, 0) is 35.6 Å². The number of hydrogen-bond donors (Lipinski definition) is 1. The van der Waals surface area contributed by atoms with Gasteiger partial charge in [0, 0.05) is 11.6 Å². The quantitative estimate of drug-likeness (QED) is 0.857. The van der Waals surface area contributed by atoms with Gasteiger partial charge in [-0.15, -0.1) is 11.3 Å². The lowest BCUT2D eigenvalue weighted by Gasteiger charge is -2.02. The van der Waals surface area contributed by atoms with E-state index >= 15 is 0 Å². The maximum absolute atomic E-state index is 11.7. The van der Waals surface area contributed by atoms with Crippen molar-refractivity contribution >= 4 is 39.8 Å². The molecule has 4 nitrogen and oxygen atoms in total. The first kappa shape index (κ1) is 12.4. The van der Waals surface area contributed by atoms with Crippen LogP contribution in [0.1, 0.15) is 21.7 Å². The molecule has 0 fully saturated rings. The number of nitrogens with one attached hydrogen (secondary N) is 1. The van der Waals surface area contributed by atoms with Gasteiger partial charge in [0.1, 0.15) is 0 Å². The number of carbonyl (C=O) groups is 1. The molecule has 0 saturated heterocycles. The fourth-order valence-electron chi connectivity index (χ4n) is 1.21. The molecule has 17 heavy (non-hydrogen) atoms. The summed E-state index contributed by atoms with van der Waals surface area (Å²) in [7, 11) is 0. The van der Waals surface area contributed by atoms with Gasteiger partial charge in [-0.25, -0.2) is 0 Å². The Hall–Kier alpha value is -1.02. The summed E-state index contributed by atoms with van der Waals surface area (Å²) in [6.07, 6.45) is 3.36. The summed E-state index contributed by atoms with van der Waals surface area (Å²) in [5.74, 6) is -0.0773. The highest BCUT2D eigenvalue weighted by molar-refractivity contribution is 14.1. The minimum absolute atomic E-state index is 0.0773. The molecule has 1 N–H and O–H groups in total. The third-order valence-corrected chi connectivity index (χ3v) is 3.88. The Labute approximate surface area is 117 Å². The second-order valence-electron chi connectivity index (χ2n) is 3.47. The fourth-order valence-corrected chi connectivity index (χ4v) is 2.54. The normalized spacial score (nSPS) is 10.2. The summed E-state index contributed by atoms with van der Waals surface area (Å²) in [5, 5.41) is 4.66. The Morgan fingerprint density at radius 2 is 2.29 bits per heavy atom. The van der Waals surface area contributed by atoms with Crippen LogP contribution in [0.5, 0.6) is 0 Å². The molecule has 6 heteroatoms. The van der Waals surface area contributed by atoms with Crippen molar-refractivity contribution < 1.29 is 4.79 Å². The molecule has 0 radical (unpaired) electrons. The summed E-state index contributed by atoms with van der Waals surface area (Å²) in [5.41, 5.74) is 2.32. The molecule has 0 aliphatic carbocycles. The van der Waals surface area contributed by atoms with Crippen molar-refractivity contribution in [3.8, 4) is 0 Å². The lowest BCUT2D eigenvalue weighted by molar-refractivity contribution is 0.0951. The van der Waals surface area contributed by atoms with E-state index in [0.717, 1.165) is 14.3 Å². The Balaban J connectivity index is 1.94. The molecule has 2 heterocycles. The molecule has 0 bridgehead atoms. The molecule has 0 saturated carbocycles. The first-order valence-electron chi connectivity index (χ1n) is 4.95. The second kappa shape index (κ2) is 5.54. The van der Waals surface area contributed by atoms with Crippen molar-refractivity contribution in [2.45, 2.75) is 13.5 Å². The molecule has 1 amide bonds. The van der Waals surface area contributed by atoms with Crippen LogP contribution in [0.15, 0.2) is 23.8 Å². The Kier molecular flexibility index (Phi) is 4.06. The summed E-state index contributed by atoms with van der Waals surface area (Å²) in [6, 6.07) is 1.86. The zero-order valence-corrected chi connectivity index (χ0v) is 12.1. The van der Waals surface area contributed by atoms with Crippen LogP contribution < -0.4 is 5.32 Å². The zero-order chi connectivity index (χ0) is 12.3. The van der Waals surface area contributed by atoms with Crippen molar-refractivity contribution in [1.82, 2.24) is 15.3 Å². The number of hydrogen-bond acceptors (Lipinski definition) is 4. The number of halogens is 1. The van der Waals surface area contributed by atoms with Crippen LogP contribution in [0, 0.1) is 9.81 Å². The molecule has 0 atom stereocenters. The van der Waals surface area contributed by atoms with E-state index in [1.165, 1.54) is 0 Å². The van der Waals surface area contributed by atoms with Gasteiger partial charge in [0.05, 0.1) is 32.6 Å². The van der Waals surface area contributed by atoms with Crippen molar-refractivity contribution in [3.05, 3.63) is 43.7 Å². The highest BCUT2D eigenvalue weighted by Crippen LogP contribution is 2.16. The molecule has 0 aliphatic heterocycles. The largest absolute Gasteiger partial charge is 0.346 e. The Bertz CT molecular complexity index is 524. The van der Waals surface area contributed by atoms with Crippen LogP contribution in [-0.4, -0.2) is 15.9 Å². The second-order valence-corrected chi connectivity index (χ2v) is 6.28. The summed E-state index contributed by atoms with van der Waals surface area (Å²) < 4.78 is 1.10. The maximum Gasteiger partial charge on any atom is 0.252 e. The van der Waals surface area contributed by atoms with Crippen LogP contribution >= 0.6 is 33.9 Å². The number of aromatic nitrogens is 2. The van der Waals surface area contributed by atoms with E-state index in [-0.39, 0.29) is 5.91 Å². The number of nitrogens with zero attached hydrogens (tertiary/aromatic N) is 2. The molecular formula is C11H10IN3OS. The smallest absolute Gasteiger partial charge is 0.252 e. The molecule has 0 aromatic carbocycles. The van der Waals surface area contributed by atoms with Gasteiger partial charge < -0.3 is 5.32 Å². The standard InChI is InChI=1S/C11H10IN3OS/c1-7-3-14-9(4-13-7)5-15-11(16)8-2-10(12)17-6-8/h2-4,6H,5H2,1H3,(H,15,16). The third kappa shape index (κ3) is 3.47. The predicted octanol–water partition coefficient (Wildman–Crippen LogP) is 2.38. The lowest BCUT2D eigenvalue weighted by Crippen LogP contribution is -2.22. The fraction of sp³-hybridized carbons (Fsp3) is 0.182. The van der Waals surface area contributed by atoms with Gasteiger partial charge in [0.25, 0.3) is 5.91 Å². The number of aryl methyl sites for hydroxylation is 1. The Morgan fingerprint density at radius 1 is 1.47 bits per heavy atom. The minimum Gasteiger partial charge on any atom is -0.346 e. The van der Waals surface area contributed by atoms with Crippen LogP contribution in [0.2, 0.25) is 0 Å². The zero-order valence-electron chi connectivity index (χ0n) is 9.11. The molecule has 88 valence electrons. The van der Waals surface area contributed by atoms with Gasteiger partial charge >= 0.3 is 0 Å². The topological polar surface area (TPSA) is 54.9 Å². The van der Waals surface area contributed by atoms with Crippen LogP contribution in [0.4, 0.5) is 0 Å². The third-order valence-electron chi connectivity index (χ3n) is 2.09. The average molecular weight is 359 g/mol. The first-order chi connectivity index (χ1) is 8.15. The molecule has 2 rings (SSSR count). The average Bonchev–Trinajstić information content (AvgIpc) is 2.75. The van der Waals surface area contributed by atoms with Gasteiger partial charge in [0.2, 0.25) is 0 Å². The molecular weight excluding hydrogens is 349 g/mol. The number of carbonyl (C=O) groups excluding carboxylic acids is 1. The summed E-state index contributed by atoms with van der Waals surface area (Å²) in [4.78, 5) is 20.0. The first-order valence-corrected chi connectivity index (χ1v) is 6.91. The van der Waals surface area contributed by atoms with Crippen molar-refractivity contribution in [2.24, 2.45) is 0 Å². The molecule has 2 aromatic rings. The highest BCUT2D eigenvalue weighted by atomic mass is 127.